The van der Waals surface area contributed by atoms with Gasteiger partial charge in [-0.2, -0.15) is 0 Å². The lowest BCUT2D eigenvalue weighted by molar-refractivity contribution is 0.730. The van der Waals surface area contributed by atoms with E-state index in [-0.39, 0.29) is 0 Å². The molecular formula is C24H25N. The van der Waals surface area contributed by atoms with E-state index in [9.17, 15) is 0 Å². The highest BCUT2D eigenvalue weighted by atomic mass is 14.7. The largest absolute Gasteiger partial charge is 0.256 e. The number of fused-ring (bicyclic) bond motifs is 3. The zero-order valence-electron chi connectivity index (χ0n) is 15.3. The van der Waals surface area contributed by atoms with Gasteiger partial charge in [-0.1, -0.05) is 63.2 Å². The highest BCUT2D eigenvalue weighted by Crippen LogP contribution is 2.47. The average molecular weight is 327 g/mol. The van der Waals surface area contributed by atoms with Crippen molar-refractivity contribution in [3.63, 3.8) is 0 Å². The van der Waals surface area contributed by atoms with Crippen molar-refractivity contribution in [1.82, 2.24) is 4.98 Å². The summed E-state index contributed by atoms with van der Waals surface area (Å²) in [7, 11) is 0. The molecular weight excluding hydrogens is 302 g/mol. The molecule has 0 bridgehead atoms. The predicted octanol–water partition coefficient (Wildman–Crippen LogP) is 6.78. The second-order valence-electron chi connectivity index (χ2n) is 7.14. The van der Waals surface area contributed by atoms with Crippen LogP contribution in [-0.2, 0) is 0 Å². The highest BCUT2D eigenvalue weighted by molar-refractivity contribution is 5.82. The van der Waals surface area contributed by atoms with Gasteiger partial charge in [0.1, 0.15) is 0 Å². The molecule has 0 saturated heterocycles. The van der Waals surface area contributed by atoms with Crippen molar-refractivity contribution in [2.75, 3.05) is 0 Å². The molecule has 1 nitrogen and oxygen atoms in total. The average Bonchev–Trinajstić information content (AvgIpc) is 3.00. The fourth-order valence-corrected chi connectivity index (χ4v) is 4.01. The second kappa shape index (κ2) is 6.48. The van der Waals surface area contributed by atoms with Crippen LogP contribution in [0.4, 0.5) is 0 Å². The van der Waals surface area contributed by atoms with E-state index >= 15 is 0 Å². The molecule has 4 rings (SSSR count). The van der Waals surface area contributed by atoms with Crippen LogP contribution < -0.4 is 0 Å². The van der Waals surface area contributed by atoms with Crippen LogP contribution in [0.25, 0.3) is 22.4 Å². The molecule has 1 heterocycles. The first-order chi connectivity index (χ1) is 12.2. The Hall–Kier alpha value is -2.41. The minimum atomic E-state index is 0.529. The molecule has 0 spiro atoms. The Kier molecular flexibility index (Phi) is 4.17. The first-order valence-corrected chi connectivity index (χ1v) is 9.42. The van der Waals surface area contributed by atoms with Crippen molar-refractivity contribution < 1.29 is 0 Å². The maximum Gasteiger partial charge on any atom is 0.0702 e. The van der Waals surface area contributed by atoms with Gasteiger partial charge < -0.3 is 0 Å². The topological polar surface area (TPSA) is 12.9 Å². The molecule has 0 radical (unpaired) electrons. The molecule has 25 heavy (non-hydrogen) atoms. The minimum absolute atomic E-state index is 0.529. The van der Waals surface area contributed by atoms with E-state index in [0.717, 1.165) is 18.5 Å². The molecule has 1 aliphatic carbocycles. The van der Waals surface area contributed by atoms with E-state index in [1.807, 2.05) is 6.20 Å². The number of benzene rings is 2. The van der Waals surface area contributed by atoms with Crippen LogP contribution in [0.1, 0.15) is 62.1 Å². The Balaban J connectivity index is 1.76. The quantitative estimate of drug-likeness (QED) is 0.514. The number of hydrogen-bond donors (Lipinski definition) is 0. The van der Waals surface area contributed by atoms with E-state index in [0.29, 0.717) is 11.8 Å². The third-order valence-corrected chi connectivity index (χ3v) is 5.73. The molecule has 0 fully saturated rings. The molecule has 1 aromatic heterocycles. The van der Waals surface area contributed by atoms with E-state index in [1.165, 1.54) is 33.4 Å². The number of aromatic nitrogens is 1. The molecule has 1 heteroatoms. The summed E-state index contributed by atoms with van der Waals surface area (Å²) in [4.78, 5) is 4.74. The minimum Gasteiger partial charge on any atom is -0.256 e. The fourth-order valence-electron chi connectivity index (χ4n) is 4.01. The number of rotatable bonds is 4. The van der Waals surface area contributed by atoms with E-state index in [1.54, 1.807) is 0 Å². The highest BCUT2D eigenvalue weighted by Gasteiger charge is 2.27. The van der Waals surface area contributed by atoms with Crippen molar-refractivity contribution in [2.45, 2.75) is 45.4 Å². The van der Waals surface area contributed by atoms with Gasteiger partial charge in [0, 0.05) is 17.7 Å². The van der Waals surface area contributed by atoms with E-state index < -0.39 is 0 Å². The fraction of sp³-hybridized carbons (Fsp3) is 0.292. The van der Waals surface area contributed by atoms with Gasteiger partial charge in [0.05, 0.1) is 5.69 Å². The molecule has 2 atom stereocenters. The van der Waals surface area contributed by atoms with Crippen molar-refractivity contribution in [3.8, 4) is 22.4 Å². The normalized spacial score (nSPS) is 16.4. The van der Waals surface area contributed by atoms with Gasteiger partial charge in [-0.3, -0.25) is 4.98 Å². The zero-order chi connectivity index (χ0) is 17.4. The van der Waals surface area contributed by atoms with Crippen LogP contribution in [0.5, 0.6) is 0 Å². The predicted molar refractivity (Wildman–Crippen MR) is 106 cm³/mol. The molecule has 1 aliphatic rings. The summed E-state index contributed by atoms with van der Waals surface area (Å²) >= 11 is 0. The van der Waals surface area contributed by atoms with E-state index in [2.05, 4.69) is 75.4 Å². The monoisotopic (exact) mass is 327 g/mol. The SMILES string of the molecule is CCC(C)c1ccc(-c2ccc3c(c2)-c2ccccc2C3CC)nc1. The van der Waals surface area contributed by atoms with Crippen LogP contribution in [0, 0.1) is 0 Å². The summed E-state index contributed by atoms with van der Waals surface area (Å²) in [5.41, 5.74) is 9.30. The first-order valence-electron chi connectivity index (χ1n) is 9.42. The molecule has 0 amide bonds. The van der Waals surface area contributed by atoms with Crippen LogP contribution in [0.15, 0.2) is 60.8 Å². The molecule has 126 valence electrons. The summed E-state index contributed by atoms with van der Waals surface area (Å²) in [5, 5.41) is 0. The van der Waals surface area contributed by atoms with Gasteiger partial charge >= 0.3 is 0 Å². The number of pyridine rings is 1. The van der Waals surface area contributed by atoms with Crippen LogP contribution in [-0.4, -0.2) is 4.98 Å². The van der Waals surface area contributed by atoms with Gasteiger partial charge in [0.25, 0.3) is 0 Å². The van der Waals surface area contributed by atoms with Crippen molar-refractivity contribution >= 4 is 0 Å². The van der Waals surface area contributed by atoms with Gasteiger partial charge in [0.2, 0.25) is 0 Å². The zero-order valence-corrected chi connectivity index (χ0v) is 15.3. The Morgan fingerprint density at radius 2 is 1.72 bits per heavy atom. The third kappa shape index (κ3) is 2.68. The van der Waals surface area contributed by atoms with E-state index in [4.69, 9.17) is 4.98 Å². The lowest BCUT2D eigenvalue weighted by Gasteiger charge is -2.12. The summed E-state index contributed by atoms with van der Waals surface area (Å²) in [6.07, 6.45) is 4.33. The van der Waals surface area contributed by atoms with Gasteiger partial charge in [0.15, 0.2) is 0 Å². The maximum absolute atomic E-state index is 4.74. The van der Waals surface area contributed by atoms with Crippen LogP contribution >= 0.6 is 0 Å². The third-order valence-electron chi connectivity index (χ3n) is 5.73. The van der Waals surface area contributed by atoms with Gasteiger partial charge in [-0.15, -0.1) is 0 Å². The molecule has 0 N–H and O–H groups in total. The second-order valence-corrected chi connectivity index (χ2v) is 7.14. The maximum atomic E-state index is 4.74. The summed E-state index contributed by atoms with van der Waals surface area (Å²) in [5.74, 6) is 1.10. The molecule has 0 aliphatic heterocycles. The lowest BCUT2D eigenvalue weighted by atomic mass is 9.93. The first kappa shape index (κ1) is 16.1. The van der Waals surface area contributed by atoms with Crippen LogP contribution in [0.2, 0.25) is 0 Å². The van der Waals surface area contributed by atoms with Gasteiger partial charge in [-0.05, 0) is 58.7 Å². The molecule has 2 aromatic carbocycles. The van der Waals surface area contributed by atoms with Gasteiger partial charge in [-0.25, -0.2) is 0 Å². The van der Waals surface area contributed by atoms with Crippen molar-refractivity contribution in [1.29, 1.82) is 0 Å². The Labute approximate surface area is 150 Å². The molecule has 0 saturated carbocycles. The standard InChI is InChI=1S/C24H25N/c1-4-16(3)18-11-13-24(25-15-18)17-10-12-22-19(5-2)20-8-6-7-9-21(20)23(22)14-17/h6-16,19H,4-5H2,1-3H3. The number of hydrogen-bond acceptors (Lipinski definition) is 1. The Morgan fingerprint density at radius 1 is 0.920 bits per heavy atom. The Bertz CT molecular complexity index is 892. The van der Waals surface area contributed by atoms with Crippen LogP contribution in [0.3, 0.4) is 0 Å². The lowest BCUT2D eigenvalue weighted by Crippen LogP contribution is -1.95. The molecule has 2 unspecified atom stereocenters. The van der Waals surface area contributed by atoms with Crippen molar-refractivity contribution in [3.05, 3.63) is 77.5 Å². The summed E-state index contributed by atoms with van der Waals surface area (Å²) in [6, 6.07) is 20.1. The smallest absolute Gasteiger partial charge is 0.0702 e. The summed E-state index contributed by atoms with van der Waals surface area (Å²) < 4.78 is 0. The summed E-state index contributed by atoms with van der Waals surface area (Å²) in [6.45, 7) is 6.76. The Morgan fingerprint density at radius 3 is 2.44 bits per heavy atom. The molecule has 3 aromatic rings. The van der Waals surface area contributed by atoms with Crippen molar-refractivity contribution in [2.24, 2.45) is 0 Å². The number of nitrogens with zero attached hydrogens (tertiary/aromatic N) is 1.